The smallest absolute Gasteiger partial charge is 0.308 e. The van der Waals surface area contributed by atoms with E-state index in [4.69, 9.17) is 9.47 Å². The zero-order chi connectivity index (χ0) is 41.3. The van der Waals surface area contributed by atoms with E-state index in [0.717, 1.165) is 5.56 Å². The van der Waals surface area contributed by atoms with Crippen LogP contribution >= 0.6 is 0 Å². The predicted molar refractivity (Wildman–Crippen MR) is 205 cm³/mol. The molecule has 306 valence electrons. The number of aromatic nitrogens is 1. The normalized spacial score (nSPS) is 12.7. The van der Waals surface area contributed by atoms with Gasteiger partial charge in [0.15, 0.2) is 0 Å². The van der Waals surface area contributed by atoms with E-state index < -0.39 is 53.3 Å². The Morgan fingerprint density at radius 2 is 1.51 bits per heavy atom. The summed E-state index contributed by atoms with van der Waals surface area (Å²) in [6, 6.07) is 24.5. The zero-order valence-electron chi connectivity index (χ0n) is 31.7. The van der Waals surface area contributed by atoms with Gasteiger partial charge in [-0.05, 0) is 72.7 Å². The summed E-state index contributed by atoms with van der Waals surface area (Å²) in [6.45, 7) is 3.42. The lowest BCUT2D eigenvalue weighted by Gasteiger charge is -2.20. The van der Waals surface area contributed by atoms with Gasteiger partial charge in [0.25, 0.3) is 16.1 Å². The zero-order valence-corrected chi connectivity index (χ0v) is 31.7. The number of anilines is 1. The van der Waals surface area contributed by atoms with Crippen LogP contribution in [0.4, 0.5) is 10.1 Å². The van der Waals surface area contributed by atoms with Gasteiger partial charge in [0, 0.05) is 36.5 Å². The number of para-hydroxylation sites is 1. The van der Waals surface area contributed by atoms with Crippen LogP contribution in [0.25, 0.3) is 22.4 Å². The van der Waals surface area contributed by atoms with E-state index in [9.17, 15) is 44.4 Å². The summed E-state index contributed by atoms with van der Waals surface area (Å²) in [5, 5.41) is 43.7. The molecule has 4 aromatic rings. The number of nitrogens with zero attached hydrogens (tertiary/aromatic N) is 3. The quantitative estimate of drug-likeness (QED) is 0.0306. The second-order valence-electron chi connectivity index (χ2n) is 13.5. The molecular formula is C40H47FN4O12. The highest BCUT2D eigenvalue weighted by Gasteiger charge is 2.31. The van der Waals surface area contributed by atoms with Gasteiger partial charge in [-0.25, -0.2) is 4.39 Å². The maximum atomic E-state index is 14.2. The Hall–Kier alpha value is -5.91. The van der Waals surface area contributed by atoms with Crippen LogP contribution in [0.5, 0.6) is 0 Å². The minimum absolute atomic E-state index is 0.0293. The highest BCUT2D eigenvalue weighted by Crippen LogP contribution is 2.42. The molecule has 1 heterocycles. The summed E-state index contributed by atoms with van der Waals surface area (Å²) in [6.07, 6.45) is -3.74. The third-order valence-corrected chi connectivity index (χ3v) is 8.79. The molecule has 16 nitrogen and oxygen atoms in total. The number of aliphatic hydroxyl groups is 2. The van der Waals surface area contributed by atoms with Gasteiger partial charge >= 0.3 is 5.97 Å². The molecular weight excluding hydrogens is 747 g/mol. The van der Waals surface area contributed by atoms with E-state index in [1.54, 1.807) is 24.3 Å². The monoisotopic (exact) mass is 794 g/mol. The van der Waals surface area contributed by atoms with Crippen molar-refractivity contribution in [3.63, 3.8) is 0 Å². The van der Waals surface area contributed by atoms with Crippen molar-refractivity contribution in [2.45, 2.75) is 76.7 Å². The number of rotatable bonds is 24. The summed E-state index contributed by atoms with van der Waals surface area (Å²) in [5.41, 5.74) is 4.48. The Labute approximate surface area is 328 Å². The maximum absolute atomic E-state index is 14.2. The molecule has 1 aromatic heterocycles. The van der Waals surface area contributed by atoms with Crippen molar-refractivity contribution in [1.82, 2.24) is 4.57 Å². The van der Waals surface area contributed by atoms with Crippen LogP contribution in [0.15, 0.2) is 84.9 Å². The largest absolute Gasteiger partial charge is 0.466 e. The maximum Gasteiger partial charge on any atom is 0.308 e. The van der Waals surface area contributed by atoms with Gasteiger partial charge in [-0.2, -0.15) is 0 Å². The number of nitrogens with one attached hydrogen (secondary N) is 1. The van der Waals surface area contributed by atoms with Crippen molar-refractivity contribution in [2.24, 2.45) is 0 Å². The van der Waals surface area contributed by atoms with E-state index in [1.165, 1.54) is 12.1 Å². The fraction of sp³-hybridized carbons (Fsp3) is 0.400. The van der Waals surface area contributed by atoms with E-state index in [-0.39, 0.29) is 63.9 Å². The molecule has 1 unspecified atom stereocenters. The third-order valence-electron chi connectivity index (χ3n) is 8.79. The van der Waals surface area contributed by atoms with Crippen LogP contribution in [-0.2, 0) is 30.5 Å². The van der Waals surface area contributed by atoms with Crippen LogP contribution in [-0.4, -0.2) is 81.6 Å². The first-order valence-electron chi connectivity index (χ1n) is 18.5. The highest BCUT2D eigenvalue weighted by molar-refractivity contribution is 6.12. The van der Waals surface area contributed by atoms with E-state index in [2.05, 4.69) is 15.0 Å². The Morgan fingerprint density at radius 3 is 2.14 bits per heavy atom. The number of benzene rings is 3. The molecule has 0 spiro atoms. The Bertz CT molecular complexity index is 1910. The first-order chi connectivity index (χ1) is 27.3. The molecule has 4 rings (SSSR count). The summed E-state index contributed by atoms with van der Waals surface area (Å²) in [7, 11) is 0. The predicted octanol–water partition coefficient (Wildman–Crippen LogP) is 6.35. The molecule has 0 aliphatic rings. The summed E-state index contributed by atoms with van der Waals surface area (Å²) >= 11 is 0. The van der Waals surface area contributed by atoms with Crippen molar-refractivity contribution < 1.29 is 53.5 Å². The van der Waals surface area contributed by atoms with Crippen molar-refractivity contribution in [3.05, 3.63) is 122 Å². The molecule has 17 heteroatoms. The average molecular weight is 795 g/mol. The second-order valence-corrected chi connectivity index (χ2v) is 13.5. The van der Waals surface area contributed by atoms with Crippen LogP contribution < -0.4 is 5.32 Å². The Morgan fingerprint density at radius 1 is 0.842 bits per heavy atom. The minimum atomic E-state index is -1.23. The number of amides is 1. The summed E-state index contributed by atoms with van der Waals surface area (Å²) in [4.78, 5) is 56.2. The summed E-state index contributed by atoms with van der Waals surface area (Å²) < 4.78 is 26.6. The fourth-order valence-electron chi connectivity index (χ4n) is 6.36. The molecule has 0 aliphatic heterocycles. The molecule has 0 saturated heterocycles. The molecule has 0 bridgehead atoms. The SMILES string of the molecule is CC(C)c1c(C(=O)Nc2ccccc2)c(-c2ccccc2)c(-c2ccc(F)cc2)n1CC[C@@H](O)C[C@@H](O)CC(=O)OCCCOCC(CCO[N+](=O)[O-])O[N+](=O)[O-]. The minimum Gasteiger partial charge on any atom is -0.466 e. The number of ether oxygens (including phenoxy) is 2. The molecule has 3 N–H and O–H groups in total. The third kappa shape index (κ3) is 13.7. The summed E-state index contributed by atoms with van der Waals surface area (Å²) in [5.74, 6) is -1.64. The average Bonchev–Trinajstić information content (AvgIpc) is 3.51. The van der Waals surface area contributed by atoms with Gasteiger partial charge in [-0.15, -0.1) is 20.2 Å². The fourth-order valence-corrected chi connectivity index (χ4v) is 6.36. The Kier molecular flexibility index (Phi) is 16.9. The van der Waals surface area contributed by atoms with Crippen LogP contribution in [0.3, 0.4) is 0 Å². The molecule has 57 heavy (non-hydrogen) atoms. The van der Waals surface area contributed by atoms with Gasteiger partial charge in [0.2, 0.25) is 0 Å². The van der Waals surface area contributed by atoms with E-state index >= 15 is 0 Å². The van der Waals surface area contributed by atoms with Crippen molar-refractivity contribution in [2.75, 3.05) is 31.7 Å². The van der Waals surface area contributed by atoms with Crippen LogP contribution in [0.1, 0.15) is 67.9 Å². The van der Waals surface area contributed by atoms with E-state index in [1.807, 2.05) is 66.9 Å². The number of esters is 1. The van der Waals surface area contributed by atoms with E-state index in [0.29, 0.717) is 33.8 Å². The molecule has 0 fully saturated rings. The first kappa shape index (κ1) is 43.8. The van der Waals surface area contributed by atoms with Crippen LogP contribution in [0.2, 0.25) is 0 Å². The molecule has 3 aromatic carbocycles. The molecule has 0 saturated carbocycles. The molecule has 3 atom stereocenters. The number of carbonyl (C=O) groups excluding carboxylic acids is 2. The van der Waals surface area contributed by atoms with Gasteiger partial charge in [-0.3, -0.25) is 9.59 Å². The number of halogens is 1. The van der Waals surface area contributed by atoms with Crippen LogP contribution in [0, 0.1) is 26.0 Å². The van der Waals surface area contributed by atoms with Crippen molar-refractivity contribution in [3.8, 4) is 22.4 Å². The van der Waals surface area contributed by atoms with Crippen molar-refractivity contribution in [1.29, 1.82) is 0 Å². The second kappa shape index (κ2) is 22.0. The lowest BCUT2D eigenvalue weighted by molar-refractivity contribution is -0.774. The van der Waals surface area contributed by atoms with Gasteiger partial charge < -0.3 is 39.2 Å². The molecule has 0 aliphatic carbocycles. The standard InChI is InChI=1S/C40H47FN4O12/c1-27(2)38-37(40(49)42-31-12-7-4-8-13-31)36(28-10-5-3-6-11-28)39(29-14-16-30(41)17-15-29)43(38)20-18-32(46)24-33(47)25-35(48)55-22-9-21-54-26-34(57-45(52)53)19-23-56-44(50)51/h3-8,10-17,27,32-34,46-47H,9,18-26H2,1-2H3,(H,42,49)/t32-,33-,34?/m1/s1. The topological polar surface area (TPSA) is 215 Å². The van der Waals surface area contributed by atoms with Crippen molar-refractivity contribution >= 4 is 17.6 Å². The lowest BCUT2D eigenvalue weighted by Crippen LogP contribution is -2.26. The Balaban J connectivity index is 1.42. The van der Waals surface area contributed by atoms with Gasteiger partial charge in [0.1, 0.15) is 11.9 Å². The number of carbonyl (C=O) groups is 2. The van der Waals surface area contributed by atoms with Gasteiger partial charge in [0.05, 0.1) is 49.7 Å². The highest BCUT2D eigenvalue weighted by atomic mass is 19.1. The molecule has 1 amide bonds. The number of hydrogen-bond acceptors (Lipinski definition) is 12. The number of aliphatic hydroxyl groups excluding tert-OH is 2. The lowest BCUT2D eigenvalue weighted by atomic mass is 9.94. The first-order valence-corrected chi connectivity index (χ1v) is 18.5. The van der Waals surface area contributed by atoms with Gasteiger partial charge in [-0.1, -0.05) is 62.4 Å². The molecule has 0 radical (unpaired) electrons. The number of hydrogen-bond donors (Lipinski definition) is 3.